The lowest BCUT2D eigenvalue weighted by Crippen LogP contribution is -2.53. The van der Waals surface area contributed by atoms with E-state index in [-0.39, 0.29) is 35.7 Å². The highest BCUT2D eigenvalue weighted by molar-refractivity contribution is 14.0. The molecule has 0 saturated carbocycles. The van der Waals surface area contributed by atoms with Gasteiger partial charge in [0.1, 0.15) is 5.82 Å². The van der Waals surface area contributed by atoms with Crippen LogP contribution in [0.1, 0.15) is 23.0 Å². The zero-order chi connectivity index (χ0) is 20.5. The number of furan rings is 1. The fourth-order valence-corrected chi connectivity index (χ4v) is 3.94. The molecule has 6 nitrogen and oxygen atoms in total. The normalized spacial score (nSPS) is 14.4. The first kappa shape index (κ1) is 24.5. The van der Waals surface area contributed by atoms with E-state index in [4.69, 9.17) is 9.41 Å². The second-order valence-electron chi connectivity index (χ2n) is 6.64. The van der Waals surface area contributed by atoms with Gasteiger partial charge in [0.15, 0.2) is 11.7 Å². The number of hydrogen-bond acceptors (Lipinski definition) is 4. The molecule has 1 fully saturated rings. The maximum Gasteiger partial charge on any atom is 0.289 e. The Morgan fingerprint density at radius 2 is 1.90 bits per heavy atom. The third kappa shape index (κ3) is 6.90. The quantitative estimate of drug-likeness (QED) is 0.249. The number of benzene rings is 1. The minimum atomic E-state index is -0.154. The lowest BCUT2D eigenvalue weighted by molar-refractivity contribution is 0.0657. The third-order valence-corrected chi connectivity index (χ3v) is 5.63. The van der Waals surface area contributed by atoms with Crippen molar-refractivity contribution in [2.75, 3.05) is 45.0 Å². The van der Waals surface area contributed by atoms with Crippen LogP contribution in [0.25, 0.3) is 0 Å². The van der Waals surface area contributed by atoms with Crippen molar-refractivity contribution >= 4 is 47.6 Å². The van der Waals surface area contributed by atoms with E-state index in [1.807, 2.05) is 24.0 Å². The standard InChI is InChI=1S/C21H27FN4O2S.HI/c1-2-23-21(24-9-15-29-16-17-6-3-4-7-18(17)22)26-12-10-25(11-13-26)20(27)19-8-5-14-28-19;/h3-8,14H,2,9-13,15-16H2,1H3,(H,23,24);1H. The van der Waals surface area contributed by atoms with Gasteiger partial charge in [-0.25, -0.2) is 4.39 Å². The van der Waals surface area contributed by atoms with Crippen LogP contribution < -0.4 is 5.32 Å². The molecule has 1 aliphatic heterocycles. The second-order valence-corrected chi connectivity index (χ2v) is 7.74. The second kappa shape index (κ2) is 12.8. The van der Waals surface area contributed by atoms with Gasteiger partial charge in [-0.15, -0.1) is 24.0 Å². The summed E-state index contributed by atoms with van der Waals surface area (Å²) in [5.41, 5.74) is 0.728. The van der Waals surface area contributed by atoms with Crippen molar-refractivity contribution in [1.82, 2.24) is 15.1 Å². The van der Waals surface area contributed by atoms with Gasteiger partial charge in [-0.1, -0.05) is 18.2 Å². The first-order chi connectivity index (χ1) is 14.2. The molecule has 0 radical (unpaired) electrons. The molecule has 1 aromatic heterocycles. The van der Waals surface area contributed by atoms with Crippen molar-refractivity contribution in [3.05, 3.63) is 59.8 Å². The molecule has 0 aliphatic carbocycles. The summed E-state index contributed by atoms with van der Waals surface area (Å²) in [7, 11) is 0. The van der Waals surface area contributed by atoms with Crippen LogP contribution in [0.3, 0.4) is 0 Å². The maximum atomic E-state index is 13.7. The smallest absolute Gasteiger partial charge is 0.289 e. The molecule has 1 aromatic carbocycles. The largest absolute Gasteiger partial charge is 0.459 e. The van der Waals surface area contributed by atoms with Crippen molar-refractivity contribution < 1.29 is 13.6 Å². The highest BCUT2D eigenvalue weighted by atomic mass is 127. The number of carbonyl (C=O) groups excluding carboxylic acids is 1. The Hall–Kier alpha value is -1.75. The zero-order valence-corrected chi connectivity index (χ0v) is 20.2. The number of carbonyl (C=O) groups is 1. The van der Waals surface area contributed by atoms with Gasteiger partial charge in [0.2, 0.25) is 0 Å². The Labute approximate surface area is 198 Å². The Bertz CT molecular complexity index is 811. The van der Waals surface area contributed by atoms with Crippen molar-refractivity contribution in [1.29, 1.82) is 0 Å². The summed E-state index contributed by atoms with van der Waals surface area (Å²) >= 11 is 1.67. The van der Waals surface area contributed by atoms with E-state index < -0.39 is 0 Å². The summed E-state index contributed by atoms with van der Waals surface area (Å²) in [5, 5.41) is 3.33. The lowest BCUT2D eigenvalue weighted by atomic mass is 10.2. The highest BCUT2D eigenvalue weighted by Crippen LogP contribution is 2.15. The van der Waals surface area contributed by atoms with Gasteiger partial charge in [-0.2, -0.15) is 11.8 Å². The molecule has 2 heterocycles. The Kier molecular flexibility index (Phi) is 10.5. The number of nitrogens with one attached hydrogen (secondary N) is 1. The van der Waals surface area contributed by atoms with Gasteiger partial charge in [0.25, 0.3) is 5.91 Å². The molecule has 0 spiro atoms. The molecular weight excluding hydrogens is 518 g/mol. The molecule has 9 heteroatoms. The lowest BCUT2D eigenvalue weighted by Gasteiger charge is -2.36. The SMILES string of the molecule is CCNC(=NCCSCc1ccccc1F)N1CCN(C(=O)c2ccco2)CC1.I. The number of nitrogens with zero attached hydrogens (tertiary/aromatic N) is 3. The Morgan fingerprint density at radius 1 is 1.17 bits per heavy atom. The molecule has 3 rings (SSSR count). The van der Waals surface area contributed by atoms with Gasteiger partial charge < -0.3 is 19.5 Å². The number of thioether (sulfide) groups is 1. The van der Waals surface area contributed by atoms with E-state index in [1.165, 1.54) is 12.3 Å². The Balaban J connectivity index is 0.00000320. The molecule has 1 aliphatic rings. The molecule has 30 heavy (non-hydrogen) atoms. The van der Waals surface area contributed by atoms with E-state index in [1.54, 1.807) is 30.0 Å². The van der Waals surface area contributed by atoms with Gasteiger partial charge in [-0.05, 0) is 30.7 Å². The van der Waals surface area contributed by atoms with E-state index in [0.29, 0.717) is 31.1 Å². The summed E-state index contributed by atoms with van der Waals surface area (Å²) in [6.07, 6.45) is 1.52. The minimum Gasteiger partial charge on any atom is -0.459 e. The van der Waals surface area contributed by atoms with E-state index in [2.05, 4.69) is 10.2 Å². The molecule has 164 valence electrons. The predicted molar refractivity (Wildman–Crippen MR) is 130 cm³/mol. The topological polar surface area (TPSA) is 61.1 Å². The van der Waals surface area contributed by atoms with Crippen LogP contribution >= 0.6 is 35.7 Å². The fourth-order valence-electron chi connectivity index (χ4n) is 3.12. The van der Waals surface area contributed by atoms with Gasteiger partial charge in [0.05, 0.1) is 12.8 Å². The van der Waals surface area contributed by atoms with E-state index >= 15 is 0 Å². The molecule has 0 bridgehead atoms. The number of halogens is 2. The first-order valence-corrected chi connectivity index (χ1v) is 11.0. The number of rotatable bonds is 7. The minimum absolute atomic E-state index is 0. The third-order valence-electron chi connectivity index (χ3n) is 4.65. The molecule has 0 unspecified atom stereocenters. The molecule has 0 atom stereocenters. The van der Waals surface area contributed by atoms with Crippen molar-refractivity contribution in [3.8, 4) is 0 Å². The average Bonchev–Trinajstić information content (AvgIpc) is 3.28. The molecular formula is C21H28FIN4O2S. The molecule has 1 saturated heterocycles. The van der Waals surface area contributed by atoms with Gasteiger partial charge in [-0.3, -0.25) is 9.79 Å². The van der Waals surface area contributed by atoms with E-state index in [0.717, 1.165) is 36.9 Å². The van der Waals surface area contributed by atoms with Crippen molar-refractivity contribution in [3.63, 3.8) is 0 Å². The van der Waals surface area contributed by atoms with Crippen molar-refractivity contribution in [2.24, 2.45) is 4.99 Å². The zero-order valence-electron chi connectivity index (χ0n) is 17.1. The molecule has 1 amide bonds. The van der Waals surface area contributed by atoms with Crippen LogP contribution in [0.5, 0.6) is 0 Å². The van der Waals surface area contributed by atoms with Crippen LogP contribution in [0, 0.1) is 5.82 Å². The number of hydrogen-bond donors (Lipinski definition) is 1. The van der Waals surface area contributed by atoms with Crippen molar-refractivity contribution in [2.45, 2.75) is 12.7 Å². The first-order valence-electron chi connectivity index (χ1n) is 9.86. The van der Waals surface area contributed by atoms with Crippen LogP contribution in [0.15, 0.2) is 52.1 Å². The number of aliphatic imine (C=N–C) groups is 1. The molecule has 1 N–H and O–H groups in total. The van der Waals surface area contributed by atoms with Crippen LogP contribution in [0.4, 0.5) is 4.39 Å². The van der Waals surface area contributed by atoms with Crippen LogP contribution in [-0.2, 0) is 5.75 Å². The van der Waals surface area contributed by atoms with Crippen LogP contribution in [-0.4, -0.2) is 66.7 Å². The average molecular weight is 546 g/mol. The van der Waals surface area contributed by atoms with Gasteiger partial charge >= 0.3 is 0 Å². The van der Waals surface area contributed by atoms with E-state index in [9.17, 15) is 9.18 Å². The fraction of sp³-hybridized carbons (Fsp3) is 0.429. The highest BCUT2D eigenvalue weighted by Gasteiger charge is 2.25. The van der Waals surface area contributed by atoms with Gasteiger partial charge in [0, 0.05) is 44.2 Å². The predicted octanol–water partition coefficient (Wildman–Crippen LogP) is 3.69. The number of guanidine groups is 1. The van der Waals surface area contributed by atoms with Crippen LogP contribution in [0.2, 0.25) is 0 Å². The summed E-state index contributed by atoms with van der Waals surface area (Å²) < 4.78 is 18.9. The summed E-state index contributed by atoms with van der Waals surface area (Å²) in [6.45, 7) is 6.19. The summed E-state index contributed by atoms with van der Waals surface area (Å²) in [4.78, 5) is 21.1. The summed E-state index contributed by atoms with van der Waals surface area (Å²) in [5.74, 6) is 2.49. The maximum absolute atomic E-state index is 13.7. The Morgan fingerprint density at radius 3 is 2.57 bits per heavy atom. The number of amides is 1. The number of piperazine rings is 1. The molecule has 2 aromatic rings. The monoisotopic (exact) mass is 546 g/mol. The summed E-state index contributed by atoms with van der Waals surface area (Å²) in [6, 6.07) is 10.3.